The third-order valence-corrected chi connectivity index (χ3v) is 3.15. The normalized spacial score (nSPS) is 12.7. The predicted octanol–water partition coefficient (Wildman–Crippen LogP) is 2.86. The Morgan fingerprint density at radius 3 is 2.74 bits per heavy atom. The second kappa shape index (κ2) is 5.48. The maximum Gasteiger partial charge on any atom is 0.163 e. The molecule has 1 aromatic carbocycles. The number of rotatable bonds is 4. The number of halogens is 2. The number of hydrogen-bond donors (Lipinski definition) is 1. The van der Waals surface area contributed by atoms with Gasteiger partial charge in [-0.25, -0.2) is 8.78 Å². The molecule has 3 nitrogen and oxygen atoms in total. The van der Waals surface area contributed by atoms with E-state index in [0.29, 0.717) is 5.56 Å². The Kier molecular flexibility index (Phi) is 3.95. The summed E-state index contributed by atoms with van der Waals surface area (Å²) in [5.74, 6) is -1.60. The van der Waals surface area contributed by atoms with E-state index in [0.717, 1.165) is 17.3 Å². The first-order valence-corrected chi connectivity index (χ1v) is 6.15. The van der Waals surface area contributed by atoms with Crippen molar-refractivity contribution >= 4 is 0 Å². The molecule has 1 atom stereocenters. The minimum absolute atomic E-state index is 0.0244. The Morgan fingerprint density at radius 1 is 1.37 bits per heavy atom. The molecular weight excluding hydrogens is 248 g/mol. The van der Waals surface area contributed by atoms with Gasteiger partial charge in [-0.15, -0.1) is 0 Å². The summed E-state index contributed by atoms with van der Waals surface area (Å²) in [5, 5.41) is 7.44. The van der Waals surface area contributed by atoms with Crippen LogP contribution in [0.4, 0.5) is 8.78 Å². The van der Waals surface area contributed by atoms with Crippen molar-refractivity contribution < 1.29 is 8.78 Å². The second-order valence-electron chi connectivity index (χ2n) is 4.66. The molecular formula is C14H17F2N3. The van der Waals surface area contributed by atoms with Crippen molar-refractivity contribution in [1.82, 2.24) is 15.1 Å². The van der Waals surface area contributed by atoms with Gasteiger partial charge in [0, 0.05) is 37.0 Å². The summed E-state index contributed by atoms with van der Waals surface area (Å²) >= 11 is 0. The van der Waals surface area contributed by atoms with Gasteiger partial charge in [-0.1, -0.05) is 12.1 Å². The van der Waals surface area contributed by atoms with E-state index in [1.807, 2.05) is 27.1 Å². The summed E-state index contributed by atoms with van der Waals surface area (Å²) in [4.78, 5) is 0. The fourth-order valence-electron chi connectivity index (χ4n) is 2.10. The van der Waals surface area contributed by atoms with Gasteiger partial charge in [0.25, 0.3) is 0 Å². The molecule has 102 valence electrons. The largest absolute Gasteiger partial charge is 0.306 e. The highest BCUT2D eigenvalue weighted by Gasteiger charge is 2.13. The maximum absolute atomic E-state index is 13.5. The van der Waals surface area contributed by atoms with E-state index in [1.165, 1.54) is 6.07 Å². The summed E-state index contributed by atoms with van der Waals surface area (Å²) in [5.41, 5.74) is 2.31. The molecule has 2 rings (SSSR count). The van der Waals surface area contributed by atoms with Gasteiger partial charge in [0.1, 0.15) is 0 Å². The lowest BCUT2D eigenvalue weighted by Gasteiger charge is -2.13. The summed E-state index contributed by atoms with van der Waals surface area (Å²) in [6, 6.07) is 4.23. The first-order chi connectivity index (χ1) is 8.99. The van der Waals surface area contributed by atoms with Crippen molar-refractivity contribution in [3.8, 4) is 0 Å². The summed E-state index contributed by atoms with van der Waals surface area (Å²) in [6.45, 7) is 4.18. The minimum Gasteiger partial charge on any atom is -0.306 e. The number of hydrogen-bond acceptors (Lipinski definition) is 2. The van der Waals surface area contributed by atoms with Crippen LogP contribution in [-0.2, 0) is 13.6 Å². The van der Waals surface area contributed by atoms with Gasteiger partial charge in [-0.2, -0.15) is 5.10 Å². The molecule has 0 radical (unpaired) electrons. The van der Waals surface area contributed by atoms with Crippen molar-refractivity contribution in [2.45, 2.75) is 26.4 Å². The van der Waals surface area contributed by atoms with Gasteiger partial charge in [0.05, 0.1) is 5.69 Å². The molecule has 0 spiro atoms. The zero-order chi connectivity index (χ0) is 14.0. The Morgan fingerprint density at radius 2 is 2.11 bits per heavy atom. The zero-order valence-electron chi connectivity index (χ0n) is 11.2. The van der Waals surface area contributed by atoms with Crippen LogP contribution in [0, 0.1) is 18.6 Å². The topological polar surface area (TPSA) is 29.9 Å². The van der Waals surface area contributed by atoms with E-state index < -0.39 is 11.6 Å². The molecule has 1 aromatic heterocycles. The van der Waals surface area contributed by atoms with Crippen molar-refractivity contribution in [2.24, 2.45) is 7.05 Å². The van der Waals surface area contributed by atoms with Crippen molar-refractivity contribution in [1.29, 1.82) is 0 Å². The smallest absolute Gasteiger partial charge is 0.163 e. The van der Waals surface area contributed by atoms with E-state index in [9.17, 15) is 8.78 Å². The van der Waals surface area contributed by atoms with Crippen LogP contribution in [0.15, 0.2) is 24.4 Å². The van der Waals surface area contributed by atoms with Crippen molar-refractivity contribution in [3.05, 3.63) is 52.9 Å². The molecule has 1 heterocycles. The second-order valence-corrected chi connectivity index (χ2v) is 4.66. The van der Waals surface area contributed by atoms with Gasteiger partial charge < -0.3 is 5.32 Å². The molecule has 0 aliphatic carbocycles. The first kappa shape index (κ1) is 13.7. The molecule has 2 aromatic rings. The third kappa shape index (κ3) is 2.98. The zero-order valence-corrected chi connectivity index (χ0v) is 11.2. The minimum atomic E-state index is -0.815. The fraction of sp³-hybridized carbons (Fsp3) is 0.357. The molecule has 1 unspecified atom stereocenters. The summed E-state index contributed by atoms with van der Waals surface area (Å²) in [7, 11) is 1.86. The van der Waals surface area contributed by atoms with Crippen LogP contribution in [0.5, 0.6) is 0 Å². The molecule has 5 heteroatoms. The Bertz CT molecular complexity index is 578. The van der Waals surface area contributed by atoms with Crippen LogP contribution in [0.2, 0.25) is 0 Å². The van der Waals surface area contributed by atoms with E-state index in [1.54, 1.807) is 10.7 Å². The molecule has 19 heavy (non-hydrogen) atoms. The Balaban J connectivity index is 2.06. The van der Waals surface area contributed by atoms with Gasteiger partial charge in [0.2, 0.25) is 0 Å². The molecule has 0 aliphatic rings. The summed E-state index contributed by atoms with van der Waals surface area (Å²) < 4.78 is 28.3. The lowest BCUT2D eigenvalue weighted by Crippen LogP contribution is -2.19. The standard InChI is InChI=1S/C14H17F2N3/c1-9(12-8-19(3)18-10(12)2)17-7-11-5-4-6-13(15)14(11)16/h4-6,8-9,17H,7H2,1-3H3. The van der Waals surface area contributed by atoms with E-state index in [2.05, 4.69) is 10.4 Å². The number of benzene rings is 1. The molecule has 0 amide bonds. The van der Waals surface area contributed by atoms with E-state index in [-0.39, 0.29) is 12.6 Å². The van der Waals surface area contributed by atoms with Gasteiger partial charge in [-0.3, -0.25) is 4.68 Å². The number of aryl methyl sites for hydroxylation is 2. The molecule has 0 aliphatic heterocycles. The van der Waals surface area contributed by atoms with Crippen LogP contribution in [0.1, 0.15) is 29.8 Å². The van der Waals surface area contributed by atoms with Crippen LogP contribution < -0.4 is 5.32 Å². The Labute approximate surface area is 111 Å². The molecule has 1 N–H and O–H groups in total. The average Bonchev–Trinajstić information content (AvgIpc) is 2.70. The molecule has 0 saturated heterocycles. The van der Waals surface area contributed by atoms with Gasteiger partial charge >= 0.3 is 0 Å². The third-order valence-electron chi connectivity index (χ3n) is 3.15. The lowest BCUT2D eigenvalue weighted by molar-refractivity contribution is 0.484. The highest BCUT2D eigenvalue weighted by Crippen LogP contribution is 2.17. The number of aromatic nitrogens is 2. The van der Waals surface area contributed by atoms with Crippen LogP contribution in [-0.4, -0.2) is 9.78 Å². The number of nitrogens with one attached hydrogen (secondary N) is 1. The number of nitrogens with zero attached hydrogens (tertiary/aromatic N) is 2. The first-order valence-electron chi connectivity index (χ1n) is 6.15. The quantitative estimate of drug-likeness (QED) is 0.921. The molecule has 0 fully saturated rings. The van der Waals surface area contributed by atoms with Crippen LogP contribution >= 0.6 is 0 Å². The van der Waals surface area contributed by atoms with Crippen LogP contribution in [0.3, 0.4) is 0 Å². The predicted molar refractivity (Wildman–Crippen MR) is 69.6 cm³/mol. The highest BCUT2D eigenvalue weighted by atomic mass is 19.2. The average molecular weight is 265 g/mol. The molecule has 0 bridgehead atoms. The highest BCUT2D eigenvalue weighted by molar-refractivity contribution is 5.21. The van der Waals surface area contributed by atoms with Crippen molar-refractivity contribution in [3.63, 3.8) is 0 Å². The van der Waals surface area contributed by atoms with Gasteiger partial charge in [-0.05, 0) is 19.9 Å². The Hall–Kier alpha value is -1.75. The molecule has 0 saturated carbocycles. The SMILES string of the molecule is Cc1nn(C)cc1C(C)NCc1cccc(F)c1F. The van der Waals surface area contributed by atoms with Crippen LogP contribution in [0.25, 0.3) is 0 Å². The van der Waals surface area contributed by atoms with E-state index >= 15 is 0 Å². The maximum atomic E-state index is 13.5. The summed E-state index contributed by atoms with van der Waals surface area (Å²) in [6.07, 6.45) is 1.93. The monoisotopic (exact) mass is 265 g/mol. The van der Waals surface area contributed by atoms with E-state index in [4.69, 9.17) is 0 Å². The lowest BCUT2D eigenvalue weighted by atomic mass is 10.1. The fourth-order valence-corrected chi connectivity index (χ4v) is 2.10. The van der Waals surface area contributed by atoms with Gasteiger partial charge in [0.15, 0.2) is 11.6 Å². The van der Waals surface area contributed by atoms with Crippen molar-refractivity contribution in [2.75, 3.05) is 0 Å².